The van der Waals surface area contributed by atoms with Gasteiger partial charge in [0.2, 0.25) is 0 Å². The SMILES string of the molecule is CN(C)c1ccc(C(=O)Nc2c(C(=O)O)n(Cc3cccc(Cl)c3)c3cc(-c4cc(F)cc(F)c4)ccc23)cc1. The minimum atomic E-state index is -1.25. The molecule has 0 fully saturated rings. The summed E-state index contributed by atoms with van der Waals surface area (Å²) in [4.78, 5) is 27.8. The van der Waals surface area contributed by atoms with Crippen molar-refractivity contribution in [1.82, 2.24) is 4.57 Å². The fourth-order valence-corrected chi connectivity index (χ4v) is 4.89. The second kappa shape index (κ2) is 10.8. The third-order valence-electron chi connectivity index (χ3n) is 6.58. The first-order valence-electron chi connectivity index (χ1n) is 12.3. The van der Waals surface area contributed by atoms with Crippen molar-refractivity contribution in [2.24, 2.45) is 0 Å². The molecule has 5 rings (SSSR count). The van der Waals surface area contributed by atoms with Crippen LogP contribution in [0.4, 0.5) is 20.2 Å². The maximum atomic E-state index is 14.0. The summed E-state index contributed by atoms with van der Waals surface area (Å²) in [5.74, 6) is -3.20. The van der Waals surface area contributed by atoms with Gasteiger partial charge in [-0.15, -0.1) is 0 Å². The summed E-state index contributed by atoms with van der Waals surface area (Å²) >= 11 is 6.18. The van der Waals surface area contributed by atoms with E-state index < -0.39 is 23.5 Å². The number of amides is 1. The molecule has 202 valence electrons. The Kier molecular flexibility index (Phi) is 7.28. The first-order chi connectivity index (χ1) is 19.1. The molecule has 0 bridgehead atoms. The van der Waals surface area contributed by atoms with Crippen molar-refractivity contribution in [2.75, 3.05) is 24.3 Å². The van der Waals surface area contributed by atoms with E-state index in [9.17, 15) is 23.5 Å². The highest BCUT2D eigenvalue weighted by atomic mass is 35.5. The number of hydrogen-bond donors (Lipinski definition) is 2. The average Bonchev–Trinajstić information content (AvgIpc) is 3.20. The van der Waals surface area contributed by atoms with Gasteiger partial charge in [0.25, 0.3) is 5.91 Å². The lowest BCUT2D eigenvalue weighted by molar-refractivity contribution is 0.0687. The minimum Gasteiger partial charge on any atom is -0.477 e. The summed E-state index contributed by atoms with van der Waals surface area (Å²) in [6, 6.07) is 22.0. The van der Waals surface area contributed by atoms with E-state index in [1.807, 2.05) is 19.0 Å². The maximum Gasteiger partial charge on any atom is 0.354 e. The topological polar surface area (TPSA) is 74.6 Å². The fourth-order valence-electron chi connectivity index (χ4n) is 4.68. The van der Waals surface area contributed by atoms with Gasteiger partial charge in [0.1, 0.15) is 11.6 Å². The Morgan fingerprint density at radius 2 is 1.60 bits per heavy atom. The molecule has 6 nitrogen and oxygen atoms in total. The summed E-state index contributed by atoms with van der Waals surface area (Å²) in [5, 5.41) is 14.1. The molecular weight excluding hydrogens is 536 g/mol. The Morgan fingerprint density at radius 3 is 2.23 bits per heavy atom. The van der Waals surface area contributed by atoms with E-state index in [0.717, 1.165) is 17.3 Å². The molecule has 5 aromatic rings. The van der Waals surface area contributed by atoms with Gasteiger partial charge in [-0.05, 0) is 71.3 Å². The smallest absolute Gasteiger partial charge is 0.354 e. The number of carbonyl (C=O) groups excluding carboxylic acids is 1. The highest BCUT2D eigenvalue weighted by Gasteiger charge is 2.25. The summed E-state index contributed by atoms with van der Waals surface area (Å²) in [5.41, 5.74) is 3.18. The van der Waals surface area contributed by atoms with E-state index in [-0.39, 0.29) is 17.9 Å². The van der Waals surface area contributed by atoms with Crippen LogP contribution in [0.5, 0.6) is 0 Å². The molecule has 0 aliphatic rings. The minimum absolute atomic E-state index is 0.114. The summed E-state index contributed by atoms with van der Waals surface area (Å²) in [6.45, 7) is 0.118. The van der Waals surface area contributed by atoms with Crippen LogP contribution in [-0.2, 0) is 6.54 Å². The highest BCUT2D eigenvalue weighted by Crippen LogP contribution is 2.36. The van der Waals surface area contributed by atoms with Crippen molar-refractivity contribution >= 4 is 45.8 Å². The molecule has 0 radical (unpaired) electrons. The van der Waals surface area contributed by atoms with Gasteiger partial charge < -0.3 is 19.9 Å². The van der Waals surface area contributed by atoms with Crippen LogP contribution in [0.3, 0.4) is 0 Å². The molecule has 0 aliphatic heterocycles. The van der Waals surface area contributed by atoms with Gasteiger partial charge in [-0.25, -0.2) is 13.6 Å². The zero-order chi connectivity index (χ0) is 28.6. The number of aromatic carboxylic acids is 1. The molecule has 1 amide bonds. The van der Waals surface area contributed by atoms with Gasteiger partial charge in [-0.3, -0.25) is 4.79 Å². The lowest BCUT2D eigenvalue weighted by Crippen LogP contribution is -2.17. The summed E-state index contributed by atoms with van der Waals surface area (Å²) < 4.78 is 29.5. The molecule has 1 heterocycles. The van der Waals surface area contributed by atoms with E-state index in [1.54, 1.807) is 71.3 Å². The van der Waals surface area contributed by atoms with Crippen molar-refractivity contribution in [3.05, 3.63) is 118 Å². The molecular formula is C31H24ClF2N3O3. The molecule has 0 saturated carbocycles. The number of rotatable bonds is 7. The molecule has 4 aromatic carbocycles. The van der Waals surface area contributed by atoms with Crippen molar-refractivity contribution in [1.29, 1.82) is 0 Å². The molecule has 0 unspecified atom stereocenters. The van der Waals surface area contributed by atoms with E-state index in [1.165, 1.54) is 12.1 Å². The van der Waals surface area contributed by atoms with Crippen LogP contribution in [0.15, 0.2) is 84.9 Å². The van der Waals surface area contributed by atoms with Gasteiger partial charge in [-0.2, -0.15) is 0 Å². The van der Waals surface area contributed by atoms with E-state index in [4.69, 9.17) is 11.6 Å². The quantitative estimate of drug-likeness (QED) is 0.219. The van der Waals surface area contributed by atoms with Gasteiger partial charge in [-0.1, -0.05) is 35.9 Å². The molecule has 0 atom stereocenters. The number of anilines is 2. The van der Waals surface area contributed by atoms with Crippen LogP contribution in [0, 0.1) is 11.6 Å². The van der Waals surface area contributed by atoms with Gasteiger partial charge in [0, 0.05) is 48.4 Å². The number of carboxylic acid groups (broad SMARTS) is 1. The fraction of sp³-hybridized carbons (Fsp3) is 0.0968. The van der Waals surface area contributed by atoms with Crippen LogP contribution in [0.1, 0.15) is 26.4 Å². The number of carbonyl (C=O) groups is 2. The Morgan fingerprint density at radius 1 is 0.900 bits per heavy atom. The van der Waals surface area contributed by atoms with E-state index in [0.29, 0.717) is 32.6 Å². The number of aromatic nitrogens is 1. The number of carboxylic acids is 1. The number of fused-ring (bicyclic) bond motifs is 1. The van der Waals surface area contributed by atoms with Gasteiger partial charge in [0.15, 0.2) is 5.69 Å². The molecule has 40 heavy (non-hydrogen) atoms. The standard InChI is InChI=1S/C31H24ClF2N3O3/c1-36(2)25-9-6-19(7-10-25)30(38)35-28-26-11-8-20(21-13-23(33)16-24(34)14-21)15-27(26)37(29(28)31(39)40)17-18-4-3-5-22(32)12-18/h3-16H,17H2,1-2H3,(H,35,38)(H,39,40). The third kappa shape index (κ3) is 5.39. The largest absolute Gasteiger partial charge is 0.477 e. The molecule has 0 saturated heterocycles. The second-order valence-electron chi connectivity index (χ2n) is 9.53. The zero-order valence-corrected chi connectivity index (χ0v) is 22.3. The number of hydrogen-bond acceptors (Lipinski definition) is 3. The lowest BCUT2D eigenvalue weighted by Gasteiger charge is -2.13. The predicted octanol–water partition coefficient (Wildman–Crippen LogP) is 7.30. The molecule has 2 N–H and O–H groups in total. The van der Waals surface area contributed by atoms with E-state index in [2.05, 4.69) is 5.32 Å². The van der Waals surface area contributed by atoms with Gasteiger partial charge >= 0.3 is 5.97 Å². The zero-order valence-electron chi connectivity index (χ0n) is 21.6. The monoisotopic (exact) mass is 559 g/mol. The number of nitrogens with zero attached hydrogens (tertiary/aromatic N) is 2. The Bertz CT molecular complexity index is 1740. The highest BCUT2D eigenvalue weighted by molar-refractivity contribution is 6.30. The molecule has 9 heteroatoms. The normalized spacial score (nSPS) is 11.0. The molecule has 0 aliphatic carbocycles. The Hall–Kier alpha value is -4.69. The summed E-state index contributed by atoms with van der Waals surface area (Å²) in [6.07, 6.45) is 0. The summed E-state index contributed by atoms with van der Waals surface area (Å²) in [7, 11) is 3.77. The van der Waals surface area contributed by atoms with Crippen LogP contribution in [0.25, 0.3) is 22.0 Å². The average molecular weight is 560 g/mol. The Balaban J connectivity index is 1.67. The number of halogens is 3. The number of nitrogens with one attached hydrogen (secondary N) is 1. The second-order valence-corrected chi connectivity index (χ2v) is 9.97. The predicted molar refractivity (Wildman–Crippen MR) is 154 cm³/mol. The molecule has 1 aromatic heterocycles. The first-order valence-corrected chi connectivity index (χ1v) is 12.7. The van der Waals surface area contributed by atoms with Crippen molar-refractivity contribution in [3.63, 3.8) is 0 Å². The number of benzene rings is 4. The first kappa shape index (κ1) is 26.9. The van der Waals surface area contributed by atoms with E-state index >= 15 is 0 Å². The van der Waals surface area contributed by atoms with Gasteiger partial charge in [0.05, 0.1) is 11.2 Å². The van der Waals surface area contributed by atoms with Crippen LogP contribution >= 0.6 is 11.6 Å². The molecule has 0 spiro atoms. The van der Waals surface area contributed by atoms with Crippen molar-refractivity contribution in [2.45, 2.75) is 6.54 Å². The van der Waals surface area contributed by atoms with Crippen LogP contribution in [-0.4, -0.2) is 35.6 Å². The van der Waals surface area contributed by atoms with Crippen molar-refractivity contribution in [3.8, 4) is 11.1 Å². The lowest BCUT2D eigenvalue weighted by atomic mass is 10.0. The third-order valence-corrected chi connectivity index (χ3v) is 6.81. The van der Waals surface area contributed by atoms with Crippen LogP contribution < -0.4 is 10.2 Å². The van der Waals surface area contributed by atoms with Crippen LogP contribution in [0.2, 0.25) is 5.02 Å². The van der Waals surface area contributed by atoms with Crippen molar-refractivity contribution < 1.29 is 23.5 Å². The Labute approximate surface area is 234 Å². The maximum absolute atomic E-state index is 14.0.